The van der Waals surface area contributed by atoms with Gasteiger partial charge in [0.05, 0.1) is 25.9 Å². The van der Waals surface area contributed by atoms with Crippen LogP contribution in [0.5, 0.6) is 0 Å². The van der Waals surface area contributed by atoms with Crippen molar-refractivity contribution in [3.63, 3.8) is 0 Å². The van der Waals surface area contributed by atoms with Crippen molar-refractivity contribution in [1.29, 1.82) is 0 Å². The molecule has 0 radical (unpaired) electrons. The van der Waals surface area contributed by atoms with Gasteiger partial charge in [-0.2, -0.15) is 0 Å². The predicted octanol–water partition coefficient (Wildman–Crippen LogP) is 1.90. The van der Waals surface area contributed by atoms with Crippen LogP contribution in [0.4, 0.5) is 5.95 Å². The normalized spacial score (nSPS) is 23.4. The first-order valence-electron chi connectivity index (χ1n) is 7.48. The van der Waals surface area contributed by atoms with Gasteiger partial charge in [-0.3, -0.25) is 0 Å². The highest BCUT2D eigenvalue weighted by molar-refractivity contribution is 5.33. The Morgan fingerprint density at radius 1 is 1.30 bits per heavy atom. The monoisotopic (exact) mass is 277 g/mol. The summed E-state index contributed by atoms with van der Waals surface area (Å²) in [5, 5.41) is 0. The van der Waals surface area contributed by atoms with E-state index in [0.717, 1.165) is 18.2 Å². The molecule has 1 aromatic heterocycles. The summed E-state index contributed by atoms with van der Waals surface area (Å²) in [5.74, 6) is 1.44. The van der Waals surface area contributed by atoms with Gasteiger partial charge in [-0.05, 0) is 25.8 Å². The first kappa shape index (κ1) is 13.8. The summed E-state index contributed by atoms with van der Waals surface area (Å²) in [4.78, 5) is 11.4. The molecule has 1 atom stereocenters. The van der Waals surface area contributed by atoms with Crippen LogP contribution in [0.3, 0.4) is 0 Å². The number of aryl methyl sites for hydroxylation is 1. The minimum Gasteiger partial charge on any atom is -0.376 e. The van der Waals surface area contributed by atoms with Crippen molar-refractivity contribution in [3.8, 4) is 0 Å². The molecule has 0 N–H and O–H groups in total. The molecule has 1 saturated heterocycles. The van der Waals surface area contributed by atoms with E-state index < -0.39 is 0 Å². The molecule has 1 aliphatic carbocycles. The van der Waals surface area contributed by atoms with Crippen LogP contribution in [0, 0.1) is 6.92 Å². The molecule has 1 aromatic rings. The zero-order chi connectivity index (χ0) is 13.9. The largest absolute Gasteiger partial charge is 0.376 e. The highest BCUT2D eigenvalue weighted by Gasteiger charge is 2.23. The second-order valence-electron chi connectivity index (χ2n) is 5.81. The number of hydrogen-bond acceptors (Lipinski definition) is 5. The standard InChI is InChI=1S/C15H23N3O2/c1-11-8-14(12-4-3-5-12)17-15(16-11)18(2)9-13-10-19-6-7-20-13/h8,12-13H,3-7,9-10H2,1-2H3. The molecule has 1 aliphatic heterocycles. The van der Waals surface area contributed by atoms with E-state index in [-0.39, 0.29) is 6.10 Å². The van der Waals surface area contributed by atoms with Crippen molar-refractivity contribution < 1.29 is 9.47 Å². The molecule has 2 fully saturated rings. The van der Waals surface area contributed by atoms with Crippen molar-refractivity contribution in [1.82, 2.24) is 9.97 Å². The third kappa shape index (κ3) is 3.10. The van der Waals surface area contributed by atoms with E-state index in [9.17, 15) is 0 Å². The maximum Gasteiger partial charge on any atom is 0.225 e. The van der Waals surface area contributed by atoms with Crippen molar-refractivity contribution >= 4 is 5.95 Å². The smallest absolute Gasteiger partial charge is 0.225 e. The summed E-state index contributed by atoms with van der Waals surface area (Å²) in [6, 6.07) is 2.13. The highest BCUT2D eigenvalue weighted by Crippen LogP contribution is 2.35. The van der Waals surface area contributed by atoms with E-state index in [0.29, 0.717) is 25.7 Å². The second kappa shape index (κ2) is 6.06. The summed E-state index contributed by atoms with van der Waals surface area (Å²) in [6.45, 7) is 4.86. The molecule has 0 bridgehead atoms. The molecule has 0 spiro atoms. The Kier molecular flexibility index (Phi) is 4.17. The van der Waals surface area contributed by atoms with Crippen LogP contribution in [0.15, 0.2) is 6.07 Å². The molecule has 0 aromatic carbocycles. The van der Waals surface area contributed by atoms with Gasteiger partial charge < -0.3 is 14.4 Å². The number of rotatable bonds is 4. The first-order chi connectivity index (χ1) is 9.72. The number of aromatic nitrogens is 2. The van der Waals surface area contributed by atoms with Crippen molar-refractivity contribution in [2.45, 2.75) is 38.2 Å². The molecular formula is C15H23N3O2. The van der Waals surface area contributed by atoms with Crippen LogP contribution in [0.25, 0.3) is 0 Å². The third-order valence-corrected chi connectivity index (χ3v) is 4.09. The maximum atomic E-state index is 5.69. The van der Waals surface area contributed by atoms with Gasteiger partial charge in [0.2, 0.25) is 5.95 Å². The Balaban J connectivity index is 1.69. The molecule has 5 nitrogen and oxygen atoms in total. The Hall–Kier alpha value is -1.20. The van der Waals surface area contributed by atoms with Crippen molar-refractivity contribution in [3.05, 3.63) is 17.5 Å². The molecule has 0 amide bonds. The van der Waals surface area contributed by atoms with Gasteiger partial charge >= 0.3 is 0 Å². The third-order valence-electron chi connectivity index (χ3n) is 4.09. The average molecular weight is 277 g/mol. The van der Waals surface area contributed by atoms with Crippen molar-refractivity contribution in [2.24, 2.45) is 0 Å². The van der Waals surface area contributed by atoms with Crippen LogP contribution in [0.2, 0.25) is 0 Å². The Bertz CT molecular complexity index is 456. The summed E-state index contributed by atoms with van der Waals surface area (Å²) < 4.78 is 11.1. The van der Waals surface area contributed by atoms with Gasteiger partial charge in [0.15, 0.2) is 0 Å². The Morgan fingerprint density at radius 3 is 2.80 bits per heavy atom. The van der Waals surface area contributed by atoms with Gasteiger partial charge in [0, 0.05) is 30.9 Å². The molecule has 2 aliphatic rings. The molecular weight excluding hydrogens is 254 g/mol. The van der Waals surface area contributed by atoms with Gasteiger partial charge in [0.1, 0.15) is 0 Å². The fraction of sp³-hybridized carbons (Fsp3) is 0.733. The van der Waals surface area contributed by atoms with Gasteiger partial charge in [0.25, 0.3) is 0 Å². The zero-order valence-corrected chi connectivity index (χ0v) is 12.3. The number of anilines is 1. The fourth-order valence-corrected chi connectivity index (χ4v) is 2.69. The van der Waals surface area contributed by atoms with Crippen LogP contribution in [0.1, 0.15) is 36.6 Å². The predicted molar refractivity (Wildman–Crippen MR) is 77.2 cm³/mol. The van der Waals surface area contributed by atoms with E-state index in [1.807, 2.05) is 14.0 Å². The lowest BCUT2D eigenvalue weighted by atomic mass is 9.83. The Labute approximate surface area is 120 Å². The van der Waals surface area contributed by atoms with E-state index in [4.69, 9.17) is 14.5 Å². The number of hydrogen-bond donors (Lipinski definition) is 0. The van der Waals surface area contributed by atoms with Gasteiger partial charge in [-0.1, -0.05) is 6.42 Å². The summed E-state index contributed by atoms with van der Waals surface area (Å²) in [6.07, 6.45) is 3.97. The molecule has 1 saturated carbocycles. The molecule has 3 rings (SSSR count). The molecule has 110 valence electrons. The van der Waals surface area contributed by atoms with Crippen molar-refractivity contribution in [2.75, 3.05) is 38.3 Å². The van der Waals surface area contributed by atoms with Crippen LogP contribution in [-0.2, 0) is 9.47 Å². The number of ether oxygens (including phenoxy) is 2. The first-order valence-corrected chi connectivity index (χ1v) is 7.48. The minimum absolute atomic E-state index is 0.116. The van der Waals surface area contributed by atoms with Crippen LogP contribution < -0.4 is 4.90 Å². The SMILES string of the molecule is Cc1cc(C2CCC2)nc(N(C)CC2COCCO2)n1. The maximum absolute atomic E-state index is 5.69. The summed E-state index contributed by atoms with van der Waals surface area (Å²) in [5.41, 5.74) is 2.25. The molecule has 5 heteroatoms. The quantitative estimate of drug-likeness (QED) is 0.841. The summed E-state index contributed by atoms with van der Waals surface area (Å²) in [7, 11) is 2.03. The lowest BCUT2D eigenvalue weighted by Crippen LogP contribution is -2.39. The fourth-order valence-electron chi connectivity index (χ4n) is 2.69. The molecule has 2 heterocycles. The highest BCUT2D eigenvalue weighted by atomic mass is 16.6. The lowest BCUT2D eigenvalue weighted by Gasteiger charge is -2.29. The van der Waals surface area contributed by atoms with Crippen LogP contribution >= 0.6 is 0 Å². The van der Waals surface area contributed by atoms with E-state index in [2.05, 4.69) is 16.0 Å². The van der Waals surface area contributed by atoms with Gasteiger partial charge in [-0.25, -0.2) is 9.97 Å². The summed E-state index contributed by atoms with van der Waals surface area (Å²) >= 11 is 0. The lowest BCUT2D eigenvalue weighted by molar-refractivity contribution is -0.0838. The number of nitrogens with zero attached hydrogens (tertiary/aromatic N) is 3. The topological polar surface area (TPSA) is 47.5 Å². The zero-order valence-electron chi connectivity index (χ0n) is 12.3. The second-order valence-corrected chi connectivity index (χ2v) is 5.81. The number of likely N-dealkylation sites (N-methyl/N-ethyl adjacent to an activating group) is 1. The van der Waals surface area contributed by atoms with Gasteiger partial charge in [-0.15, -0.1) is 0 Å². The van der Waals surface area contributed by atoms with E-state index >= 15 is 0 Å². The minimum atomic E-state index is 0.116. The molecule has 20 heavy (non-hydrogen) atoms. The molecule has 1 unspecified atom stereocenters. The van der Waals surface area contributed by atoms with E-state index in [1.165, 1.54) is 25.0 Å². The van der Waals surface area contributed by atoms with Crippen LogP contribution in [-0.4, -0.2) is 49.5 Å². The average Bonchev–Trinajstić information content (AvgIpc) is 2.37. The Morgan fingerprint density at radius 2 is 2.15 bits per heavy atom. The van der Waals surface area contributed by atoms with E-state index in [1.54, 1.807) is 0 Å².